The summed E-state index contributed by atoms with van der Waals surface area (Å²) in [5, 5.41) is 11.1. The number of nitrogens with two attached hydrogens (primary N) is 1. The van der Waals surface area contributed by atoms with Gasteiger partial charge >= 0.3 is 12.1 Å². The van der Waals surface area contributed by atoms with Gasteiger partial charge in [-0.3, -0.25) is 14.2 Å². The Morgan fingerprint density at radius 3 is 2.66 bits per heavy atom. The molecular weight excluding hydrogens is 547 g/mol. The van der Waals surface area contributed by atoms with E-state index in [1.54, 1.807) is 10.6 Å². The number of methoxy groups -OCH3 is 1. The van der Waals surface area contributed by atoms with E-state index < -0.39 is 29.5 Å². The first-order valence-corrected chi connectivity index (χ1v) is 12.5. The number of aromatic nitrogens is 3. The van der Waals surface area contributed by atoms with Gasteiger partial charge < -0.3 is 20.5 Å². The number of anilines is 1. The van der Waals surface area contributed by atoms with E-state index in [1.807, 2.05) is 0 Å². The van der Waals surface area contributed by atoms with Crippen LogP contribution in [0.25, 0.3) is 0 Å². The third kappa shape index (κ3) is 6.72. The second kappa shape index (κ2) is 12.1. The minimum absolute atomic E-state index is 0.00420. The second-order valence-electron chi connectivity index (χ2n) is 7.57. The second-order valence-corrected chi connectivity index (χ2v) is 9.53. The lowest BCUT2D eigenvalue weighted by Gasteiger charge is -2.11. The van der Waals surface area contributed by atoms with Gasteiger partial charge in [-0.2, -0.15) is 13.2 Å². The van der Waals surface area contributed by atoms with Crippen molar-refractivity contribution in [1.82, 2.24) is 14.8 Å². The van der Waals surface area contributed by atoms with Gasteiger partial charge in [0.1, 0.15) is 17.4 Å². The van der Waals surface area contributed by atoms with Gasteiger partial charge in [-0.05, 0) is 30.7 Å². The van der Waals surface area contributed by atoms with Crippen molar-refractivity contribution in [3.8, 4) is 5.75 Å². The summed E-state index contributed by atoms with van der Waals surface area (Å²) in [4.78, 5) is 36.6. The van der Waals surface area contributed by atoms with Gasteiger partial charge in [0, 0.05) is 6.54 Å². The Morgan fingerprint density at radius 1 is 1.29 bits per heavy atom. The Balaban J connectivity index is 1.70. The van der Waals surface area contributed by atoms with Crippen molar-refractivity contribution < 1.29 is 37.0 Å². The lowest BCUT2D eigenvalue weighted by Crippen LogP contribution is -2.16. The van der Waals surface area contributed by atoms with Crippen molar-refractivity contribution in [2.45, 2.75) is 31.4 Å². The first-order valence-electron chi connectivity index (χ1n) is 10.7. The molecule has 10 nitrogen and oxygen atoms in total. The standard InChI is InChI=1S/C23H22F3N5O5S2/c1-4-8-31-15(10-36-14-7-5-6-13(9-14)23(24,25)26)29-30-22(31)37-11-16(32)28-20-17(21(34)35-3)12(2)18(38-20)19(27)33/h4-7,9H,1,8,10-11H2,2-3H3,(H2,27,33)(H,28,32). The quantitative estimate of drug-likeness (QED) is 0.200. The summed E-state index contributed by atoms with van der Waals surface area (Å²) in [6.45, 7) is 5.26. The number of alkyl halides is 3. The maximum Gasteiger partial charge on any atom is 0.416 e. The number of thioether (sulfide) groups is 1. The molecule has 0 aliphatic carbocycles. The molecule has 202 valence electrons. The van der Waals surface area contributed by atoms with E-state index in [2.05, 4.69) is 22.1 Å². The zero-order chi connectivity index (χ0) is 28.0. The highest BCUT2D eigenvalue weighted by molar-refractivity contribution is 7.99. The van der Waals surface area contributed by atoms with E-state index in [0.29, 0.717) is 16.5 Å². The lowest BCUT2D eigenvalue weighted by atomic mass is 10.1. The number of benzene rings is 1. The summed E-state index contributed by atoms with van der Waals surface area (Å²) in [6.07, 6.45) is -2.95. The molecule has 0 spiro atoms. The zero-order valence-electron chi connectivity index (χ0n) is 20.1. The molecule has 0 aliphatic heterocycles. The van der Waals surface area contributed by atoms with E-state index >= 15 is 0 Å². The molecule has 0 bridgehead atoms. The molecule has 0 fully saturated rings. The predicted octanol–water partition coefficient (Wildman–Crippen LogP) is 4.05. The fourth-order valence-electron chi connectivity index (χ4n) is 3.23. The van der Waals surface area contributed by atoms with Crippen LogP contribution in [0.1, 0.15) is 37.0 Å². The van der Waals surface area contributed by atoms with E-state index in [0.717, 1.165) is 35.2 Å². The van der Waals surface area contributed by atoms with Crippen molar-refractivity contribution in [3.63, 3.8) is 0 Å². The lowest BCUT2D eigenvalue weighted by molar-refractivity contribution is -0.137. The number of carbonyl (C=O) groups is 3. The maximum atomic E-state index is 13.0. The van der Waals surface area contributed by atoms with E-state index in [1.165, 1.54) is 26.2 Å². The number of esters is 1. The molecule has 3 rings (SSSR count). The molecule has 0 unspecified atom stereocenters. The van der Waals surface area contributed by atoms with Gasteiger partial charge in [-0.25, -0.2) is 4.79 Å². The molecule has 0 saturated heterocycles. The van der Waals surface area contributed by atoms with Gasteiger partial charge in [-0.1, -0.05) is 23.9 Å². The molecule has 38 heavy (non-hydrogen) atoms. The normalized spacial score (nSPS) is 11.2. The summed E-state index contributed by atoms with van der Waals surface area (Å²) in [5.41, 5.74) is 4.85. The molecule has 0 saturated carbocycles. The predicted molar refractivity (Wildman–Crippen MR) is 134 cm³/mol. The summed E-state index contributed by atoms with van der Waals surface area (Å²) in [5.74, 6) is -1.82. The Morgan fingerprint density at radius 2 is 2.03 bits per heavy atom. The van der Waals surface area contributed by atoms with Crippen LogP contribution in [0.3, 0.4) is 0 Å². The minimum Gasteiger partial charge on any atom is -0.486 e. The van der Waals surface area contributed by atoms with Crippen LogP contribution in [0.15, 0.2) is 42.1 Å². The molecule has 2 heterocycles. The molecule has 2 aromatic heterocycles. The molecule has 0 radical (unpaired) electrons. The third-order valence-corrected chi connectivity index (χ3v) is 7.17. The smallest absolute Gasteiger partial charge is 0.416 e. The SMILES string of the molecule is C=CCn1c(COc2cccc(C(F)(F)F)c2)nnc1SCC(=O)Nc1sc(C(N)=O)c(C)c1C(=O)OC. The highest BCUT2D eigenvalue weighted by Gasteiger charge is 2.30. The summed E-state index contributed by atoms with van der Waals surface area (Å²) < 4.78 is 50.7. The van der Waals surface area contributed by atoms with E-state index in [-0.39, 0.29) is 40.1 Å². The number of nitrogens with zero attached hydrogens (tertiary/aromatic N) is 3. The molecule has 0 atom stereocenters. The molecule has 3 N–H and O–H groups in total. The van der Waals surface area contributed by atoms with Crippen molar-refractivity contribution in [2.75, 3.05) is 18.2 Å². The van der Waals surface area contributed by atoms with Gasteiger partial charge in [0.15, 0.2) is 11.0 Å². The molecular formula is C23H22F3N5O5S2. The van der Waals surface area contributed by atoms with Crippen molar-refractivity contribution in [1.29, 1.82) is 0 Å². The first-order chi connectivity index (χ1) is 18.0. The number of thiophene rings is 1. The fourth-order valence-corrected chi connectivity index (χ4v) is 5.06. The van der Waals surface area contributed by atoms with Crippen LogP contribution in [-0.4, -0.2) is 45.4 Å². The third-order valence-electron chi connectivity index (χ3n) is 4.98. The van der Waals surface area contributed by atoms with E-state index in [4.69, 9.17) is 15.2 Å². The summed E-state index contributed by atoms with van der Waals surface area (Å²) in [6, 6.07) is 4.45. The fraction of sp³-hybridized carbons (Fsp3) is 0.261. The van der Waals surface area contributed by atoms with Crippen LogP contribution in [0.2, 0.25) is 0 Å². The number of primary amides is 1. The average Bonchev–Trinajstić information content (AvgIpc) is 3.40. The van der Waals surface area contributed by atoms with Crippen molar-refractivity contribution >= 4 is 45.9 Å². The van der Waals surface area contributed by atoms with Gasteiger partial charge in [-0.15, -0.1) is 28.1 Å². The molecule has 3 aromatic rings. The average molecular weight is 570 g/mol. The van der Waals surface area contributed by atoms with Gasteiger partial charge in [0.05, 0.1) is 28.9 Å². The number of ether oxygens (including phenoxy) is 2. The summed E-state index contributed by atoms with van der Waals surface area (Å²) in [7, 11) is 1.17. The van der Waals surface area contributed by atoms with Gasteiger partial charge in [0.25, 0.3) is 5.91 Å². The Kier molecular flexibility index (Phi) is 9.17. The number of halogens is 3. The number of amides is 2. The monoisotopic (exact) mass is 569 g/mol. The highest BCUT2D eigenvalue weighted by Crippen LogP contribution is 2.34. The Bertz CT molecular complexity index is 1370. The van der Waals surface area contributed by atoms with Crippen LogP contribution in [0, 0.1) is 6.92 Å². The number of hydrogen-bond acceptors (Lipinski definition) is 9. The molecule has 2 amide bonds. The zero-order valence-corrected chi connectivity index (χ0v) is 21.8. The maximum absolute atomic E-state index is 13.0. The number of hydrogen-bond donors (Lipinski definition) is 2. The number of carbonyl (C=O) groups excluding carboxylic acids is 3. The molecule has 0 aliphatic rings. The Labute approximate surface area is 223 Å². The van der Waals surface area contributed by atoms with Crippen LogP contribution in [-0.2, 0) is 28.9 Å². The molecule has 1 aromatic carbocycles. The van der Waals surface area contributed by atoms with Crippen LogP contribution in [0.5, 0.6) is 5.75 Å². The first kappa shape index (κ1) is 28.7. The number of nitrogens with one attached hydrogen (secondary N) is 1. The summed E-state index contributed by atoms with van der Waals surface area (Å²) >= 11 is 1.88. The minimum atomic E-state index is -4.51. The van der Waals surface area contributed by atoms with Crippen molar-refractivity contribution in [2.24, 2.45) is 5.73 Å². The number of rotatable bonds is 11. The Hall–Kier alpha value is -3.85. The van der Waals surface area contributed by atoms with Crippen LogP contribution in [0.4, 0.5) is 18.2 Å². The topological polar surface area (TPSA) is 138 Å². The number of allylic oxidation sites excluding steroid dienone is 1. The van der Waals surface area contributed by atoms with Gasteiger partial charge in [0.2, 0.25) is 5.91 Å². The van der Waals surface area contributed by atoms with Crippen LogP contribution >= 0.6 is 23.1 Å². The highest BCUT2D eigenvalue weighted by atomic mass is 32.2. The largest absolute Gasteiger partial charge is 0.486 e. The van der Waals surface area contributed by atoms with E-state index in [9.17, 15) is 27.6 Å². The van der Waals surface area contributed by atoms with Crippen molar-refractivity contribution in [3.05, 3.63) is 64.3 Å². The molecule has 15 heteroatoms. The van der Waals surface area contributed by atoms with Crippen LogP contribution < -0.4 is 15.8 Å².